The summed E-state index contributed by atoms with van der Waals surface area (Å²) in [4.78, 5) is 0. The highest BCUT2D eigenvalue weighted by Gasteiger charge is 2.03. The fraction of sp³-hybridized carbons (Fsp3) is 0.333. The van der Waals surface area contributed by atoms with Crippen LogP contribution < -0.4 is 15.8 Å². The molecule has 0 saturated heterocycles. The van der Waals surface area contributed by atoms with Gasteiger partial charge in [-0.05, 0) is 19.1 Å². The molecule has 0 saturated carbocycles. The Bertz CT molecular complexity index is 523. The molecule has 0 unspecified atom stereocenters. The fourth-order valence-corrected chi connectivity index (χ4v) is 1.57. The maximum absolute atomic E-state index is 5.81. The Labute approximate surface area is 106 Å². The predicted molar refractivity (Wildman–Crippen MR) is 70.4 cm³/mol. The van der Waals surface area contributed by atoms with Gasteiger partial charge in [-0.15, -0.1) is 10.2 Å². The number of rotatable bonds is 5. The van der Waals surface area contributed by atoms with Crippen molar-refractivity contribution in [2.75, 3.05) is 17.7 Å². The van der Waals surface area contributed by atoms with Gasteiger partial charge in [-0.2, -0.15) is 0 Å². The van der Waals surface area contributed by atoms with Crippen LogP contribution in [0.15, 0.2) is 24.5 Å². The van der Waals surface area contributed by atoms with Gasteiger partial charge in [-0.25, -0.2) is 0 Å². The average molecular weight is 247 g/mol. The van der Waals surface area contributed by atoms with Crippen LogP contribution in [0.25, 0.3) is 0 Å². The molecule has 2 aromatic rings. The van der Waals surface area contributed by atoms with E-state index in [0.29, 0.717) is 24.6 Å². The monoisotopic (exact) mass is 247 g/mol. The molecule has 0 spiro atoms. The fourth-order valence-electron chi connectivity index (χ4n) is 1.57. The predicted octanol–water partition coefficient (Wildman–Crippen LogP) is 1.41. The Morgan fingerprint density at radius 3 is 2.94 bits per heavy atom. The van der Waals surface area contributed by atoms with E-state index in [2.05, 4.69) is 15.5 Å². The first-order valence-corrected chi connectivity index (χ1v) is 5.79. The molecular weight excluding hydrogens is 230 g/mol. The highest BCUT2D eigenvalue weighted by atomic mass is 16.5. The number of aryl methyl sites for hydroxylation is 1. The molecule has 0 aliphatic rings. The van der Waals surface area contributed by atoms with Gasteiger partial charge in [0.1, 0.15) is 12.1 Å². The first kappa shape index (κ1) is 12.2. The number of nitrogen functional groups attached to an aromatic ring is 1. The van der Waals surface area contributed by atoms with E-state index in [1.54, 1.807) is 6.33 Å². The van der Waals surface area contributed by atoms with Gasteiger partial charge in [0.05, 0.1) is 18.8 Å². The van der Waals surface area contributed by atoms with Gasteiger partial charge >= 0.3 is 0 Å². The van der Waals surface area contributed by atoms with Gasteiger partial charge in [0, 0.05) is 18.8 Å². The normalized spacial score (nSPS) is 10.3. The topological polar surface area (TPSA) is 78.0 Å². The van der Waals surface area contributed by atoms with Crippen LogP contribution in [0.1, 0.15) is 12.7 Å². The molecule has 1 aromatic heterocycles. The van der Waals surface area contributed by atoms with E-state index in [1.165, 1.54) is 0 Å². The zero-order valence-corrected chi connectivity index (χ0v) is 10.6. The van der Waals surface area contributed by atoms with E-state index in [1.807, 2.05) is 36.7 Å². The second-order valence-electron chi connectivity index (χ2n) is 3.90. The summed E-state index contributed by atoms with van der Waals surface area (Å²) in [6, 6.07) is 5.62. The Morgan fingerprint density at radius 1 is 1.44 bits per heavy atom. The lowest BCUT2D eigenvalue weighted by molar-refractivity contribution is 0.342. The average Bonchev–Trinajstić information content (AvgIpc) is 2.76. The van der Waals surface area contributed by atoms with Crippen molar-refractivity contribution in [3.8, 4) is 5.75 Å². The van der Waals surface area contributed by atoms with Crippen LogP contribution >= 0.6 is 0 Å². The number of anilines is 2. The number of hydrogen-bond donors (Lipinski definition) is 2. The first-order valence-electron chi connectivity index (χ1n) is 5.79. The summed E-state index contributed by atoms with van der Waals surface area (Å²) >= 11 is 0. The molecule has 3 N–H and O–H groups in total. The zero-order chi connectivity index (χ0) is 13.0. The zero-order valence-electron chi connectivity index (χ0n) is 10.6. The maximum atomic E-state index is 5.81. The highest BCUT2D eigenvalue weighted by Crippen LogP contribution is 2.25. The molecule has 0 atom stereocenters. The molecule has 0 aliphatic heterocycles. The number of nitrogens with zero attached hydrogens (tertiary/aromatic N) is 3. The van der Waals surface area contributed by atoms with Crippen molar-refractivity contribution in [3.63, 3.8) is 0 Å². The molecule has 18 heavy (non-hydrogen) atoms. The Balaban J connectivity index is 2.05. The Hall–Kier alpha value is -2.24. The third kappa shape index (κ3) is 2.71. The van der Waals surface area contributed by atoms with Crippen LogP contribution in [-0.4, -0.2) is 21.4 Å². The molecule has 6 nitrogen and oxygen atoms in total. The lowest BCUT2D eigenvalue weighted by Gasteiger charge is -2.10. The van der Waals surface area contributed by atoms with E-state index >= 15 is 0 Å². The smallest absolute Gasteiger partial charge is 0.151 e. The van der Waals surface area contributed by atoms with Crippen LogP contribution in [0.3, 0.4) is 0 Å². The lowest BCUT2D eigenvalue weighted by atomic mass is 10.2. The van der Waals surface area contributed by atoms with Crippen molar-refractivity contribution in [3.05, 3.63) is 30.4 Å². The molecule has 6 heteroatoms. The molecule has 96 valence electrons. The number of aromatic nitrogens is 3. The summed E-state index contributed by atoms with van der Waals surface area (Å²) < 4.78 is 7.31. The maximum Gasteiger partial charge on any atom is 0.151 e. The van der Waals surface area contributed by atoms with Crippen LogP contribution in [-0.2, 0) is 13.6 Å². The SMILES string of the molecule is CCOc1cc(NCc2nncn2C)ccc1N. The van der Waals surface area contributed by atoms with Gasteiger partial charge in [0.15, 0.2) is 5.82 Å². The lowest BCUT2D eigenvalue weighted by Crippen LogP contribution is -2.06. The van der Waals surface area contributed by atoms with Gasteiger partial charge in [0.2, 0.25) is 0 Å². The second-order valence-corrected chi connectivity index (χ2v) is 3.90. The van der Waals surface area contributed by atoms with E-state index in [4.69, 9.17) is 10.5 Å². The van der Waals surface area contributed by atoms with Crippen molar-refractivity contribution in [2.45, 2.75) is 13.5 Å². The van der Waals surface area contributed by atoms with Crippen LogP contribution in [0.4, 0.5) is 11.4 Å². The van der Waals surface area contributed by atoms with Crippen LogP contribution in [0.2, 0.25) is 0 Å². The third-order valence-electron chi connectivity index (χ3n) is 2.57. The van der Waals surface area contributed by atoms with E-state index in [-0.39, 0.29) is 0 Å². The Kier molecular flexibility index (Phi) is 3.66. The van der Waals surface area contributed by atoms with Crippen molar-refractivity contribution in [1.29, 1.82) is 0 Å². The van der Waals surface area contributed by atoms with Crippen molar-refractivity contribution in [2.24, 2.45) is 7.05 Å². The molecule has 0 amide bonds. The molecule has 1 aromatic carbocycles. The number of nitrogens with two attached hydrogens (primary N) is 1. The molecule has 0 bridgehead atoms. The van der Waals surface area contributed by atoms with Gasteiger partial charge in [-0.1, -0.05) is 0 Å². The molecule has 0 radical (unpaired) electrons. The van der Waals surface area contributed by atoms with E-state index in [0.717, 1.165) is 11.5 Å². The van der Waals surface area contributed by atoms with Crippen LogP contribution in [0, 0.1) is 0 Å². The van der Waals surface area contributed by atoms with Gasteiger partial charge < -0.3 is 20.4 Å². The largest absolute Gasteiger partial charge is 0.492 e. The van der Waals surface area contributed by atoms with E-state index < -0.39 is 0 Å². The van der Waals surface area contributed by atoms with Crippen LogP contribution in [0.5, 0.6) is 5.75 Å². The minimum Gasteiger partial charge on any atom is -0.492 e. The molecule has 0 fully saturated rings. The highest BCUT2D eigenvalue weighted by molar-refractivity contribution is 5.61. The summed E-state index contributed by atoms with van der Waals surface area (Å²) in [7, 11) is 1.91. The third-order valence-corrected chi connectivity index (χ3v) is 2.57. The summed E-state index contributed by atoms with van der Waals surface area (Å²) in [6.07, 6.45) is 1.67. The standard InChI is InChI=1S/C12H17N5O/c1-3-18-11-6-9(4-5-10(11)13)14-7-12-16-15-8-17(12)2/h4-6,8,14H,3,7,13H2,1-2H3. The molecule has 0 aliphatic carbocycles. The quantitative estimate of drug-likeness (QED) is 0.781. The number of nitrogens with one attached hydrogen (secondary N) is 1. The summed E-state index contributed by atoms with van der Waals surface area (Å²) in [5, 5.41) is 11.1. The van der Waals surface area contributed by atoms with Crippen molar-refractivity contribution in [1.82, 2.24) is 14.8 Å². The summed E-state index contributed by atoms with van der Waals surface area (Å²) in [5.41, 5.74) is 7.39. The minimum absolute atomic E-state index is 0.594. The summed E-state index contributed by atoms with van der Waals surface area (Å²) in [6.45, 7) is 3.13. The summed E-state index contributed by atoms with van der Waals surface area (Å²) in [5.74, 6) is 1.56. The molecular formula is C12H17N5O. The number of hydrogen-bond acceptors (Lipinski definition) is 5. The van der Waals surface area contributed by atoms with Gasteiger partial charge in [0.25, 0.3) is 0 Å². The minimum atomic E-state index is 0.594. The number of ether oxygens (including phenoxy) is 1. The van der Waals surface area contributed by atoms with E-state index in [9.17, 15) is 0 Å². The molecule has 2 rings (SSSR count). The van der Waals surface area contributed by atoms with Crippen molar-refractivity contribution < 1.29 is 4.74 Å². The first-order chi connectivity index (χ1) is 8.70. The van der Waals surface area contributed by atoms with Crippen molar-refractivity contribution >= 4 is 11.4 Å². The second kappa shape index (κ2) is 5.39. The Morgan fingerprint density at radius 2 is 2.28 bits per heavy atom. The van der Waals surface area contributed by atoms with Gasteiger partial charge in [-0.3, -0.25) is 0 Å². The molecule has 1 heterocycles. The number of benzene rings is 1.